The van der Waals surface area contributed by atoms with Gasteiger partial charge in [-0.15, -0.1) is 0 Å². The van der Waals surface area contributed by atoms with Gasteiger partial charge in [0.05, 0.1) is 86.8 Å². The van der Waals surface area contributed by atoms with Gasteiger partial charge in [-0.3, -0.25) is 0 Å². The van der Waals surface area contributed by atoms with Gasteiger partial charge in [0.25, 0.3) is 0 Å². The molecule has 0 fully saturated rings. The molecule has 0 unspecified atom stereocenters. The summed E-state index contributed by atoms with van der Waals surface area (Å²) in [6.45, 7) is 0. The average molecular weight is 761 g/mol. The van der Waals surface area contributed by atoms with Gasteiger partial charge >= 0.3 is 0 Å². The van der Waals surface area contributed by atoms with Crippen LogP contribution in [-0.2, 0) is 0 Å². The molecule has 3 heteroatoms. The van der Waals surface area contributed by atoms with Gasteiger partial charge in [-0.1, -0.05) is 139 Å². The Labute approximate surface area is 378 Å². The van der Waals surface area contributed by atoms with E-state index in [1.165, 1.54) is 0 Å². The molecule has 0 spiro atoms. The minimum atomic E-state index is -1.23. The van der Waals surface area contributed by atoms with E-state index in [0.717, 1.165) is 4.57 Å². The number of hydrogen-bond acceptors (Lipinski definition) is 0. The van der Waals surface area contributed by atoms with Crippen LogP contribution in [0.1, 0.15) is 48.0 Å². The Hall–Kier alpha value is -7.62. The number of fused-ring (bicyclic) bond motifs is 9. The van der Waals surface area contributed by atoms with Crippen molar-refractivity contribution in [2.45, 2.75) is 0 Å². The molecule has 0 aliphatic carbocycles. The Morgan fingerprint density at radius 2 is 0.702 bits per heavy atom. The highest BCUT2D eigenvalue weighted by Crippen LogP contribution is 2.42. The molecule has 266 valence electrons. The third-order valence-electron chi connectivity index (χ3n) is 9.29. The van der Waals surface area contributed by atoms with Crippen molar-refractivity contribution in [2.75, 3.05) is 0 Å². The summed E-state index contributed by atoms with van der Waals surface area (Å²) in [6, 6.07) is -36.4. The van der Waals surface area contributed by atoms with Crippen LogP contribution in [-0.4, -0.2) is 13.7 Å². The van der Waals surface area contributed by atoms with Crippen LogP contribution in [0.25, 0.3) is 105 Å². The molecule has 9 aromatic carbocycles. The minimum Gasteiger partial charge on any atom is -0.309 e. The average Bonchev–Trinajstić information content (AvgIpc) is 1.50. The van der Waals surface area contributed by atoms with Crippen molar-refractivity contribution >= 4 is 65.4 Å². The Balaban J connectivity index is 1.37. The minimum absolute atomic E-state index is 0.529. The molecule has 0 aliphatic heterocycles. The molecule has 12 aromatic rings. The van der Waals surface area contributed by atoms with E-state index < -0.39 is 316 Å². The van der Waals surface area contributed by atoms with E-state index in [1.54, 1.807) is 0 Å². The summed E-state index contributed by atoms with van der Waals surface area (Å²) in [4.78, 5) is 0. The lowest BCUT2D eigenvalue weighted by atomic mass is 9.98. The van der Waals surface area contributed by atoms with Crippen LogP contribution in [0.15, 0.2) is 211 Å². The smallest absolute Gasteiger partial charge is 0.0652 e. The molecule has 3 aromatic heterocycles. The van der Waals surface area contributed by atoms with E-state index in [1.807, 2.05) is 0 Å². The SMILES string of the molecule is [2H]c1c([2H])c([2H])c(-c2c([2H])c(-c3c([2H])c([2H])c([2H])c([2H])c3[2H])c([2H])c(-n3c4c([2H])c([2H])c([2H])c([2H])c4c4c(-n5c6c([2H])c([2H])c([2H])c([2H])c6c6c([2H])c(-n7c8c([2H])c([2H])c([2H])c([2H])c8c8c([2H])c([2H])c([2H])c([2H])c87)c([2H])c([2H])c65)c([2H])c([2H])c([2H])c43)c2[2H])c([2H])c1[2H]. The molecule has 0 amide bonds. The van der Waals surface area contributed by atoms with E-state index in [9.17, 15) is 17.8 Å². The van der Waals surface area contributed by atoms with Gasteiger partial charge < -0.3 is 13.7 Å². The number of benzene rings is 9. The quantitative estimate of drug-likeness (QED) is 0.166. The van der Waals surface area contributed by atoms with Crippen molar-refractivity contribution in [3.8, 4) is 39.3 Å². The first kappa shape index (κ1) is 12.7. The topological polar surface area (TPSA) is 14.8 Å². The second kappa shape index (κ2) is 12.5. The fraction of sp³-hybridized carbons (Fsp3) is 0. The van der Waals surface area contributed by atoms with Gasteiger partial charge in [0, 0.05) is 43.7 Å². The van der Waals surface area contributed by atoms with Crippen molar-refractivity contribution in [1.29, 1.82) is 0 Å². The van der Waals surface area contributed by atoms with Crippen LogP contribution in [0.5, 0.6) is 0 Å². The Morgan fingerprint density at radius 3 is 1.30 bits per heavy atom. The summed E-state index contributed by atoms with van der Waals surface area (Å²) in [6.07, 6.45) is 0. The molecule has 0 N–H and O–H groups in total. The zero-order valence-corrected chi connectivity index (χ0v) is 28.3. The van der Waals surface area contributed by atoms with Crippen LogP contribution in [0.3, 0.4) is 0 Å². The number of rotatable bonds is 5. The molecule has 0 bridgehead atoms. The lowest BCUT2D eigenvalue weighted by Gasteiger charge is -2.15. The van der Waals surface area contributed by atoms with Crippen LogP contribution in [0.4, 0.5) is 0 Å². The van der Waals surface area contributed by atoms with E-state index in [2.05, 4.69) is 0 Å². The first-order chi connectivity index (χ1) is 42.9. The van der Waals surface area contributed by atoms with Crippen molar-refractivity contribution in [3.05, 3.63) is 211 Å². The van der Waals surface area contributed by atoms with Crippen molar-refractivity contribution in [1.82, 2.24) is 13.7 Å². The van der Waals surface area contributed by atoms with Gasteiger partial charge in [0.2, 0.25) is 0 Å². The lowest BCUT2D eigenvalue weighted by Crippen LogP contribution is -1.98. The second-order valence-corrected chi connectivity index (χ2v) is 12.3. The van der Waals surface area contributed by atoms with E-state index >= 15 is 0 Å². The summed E-state index contributed by atoms with van der Waals surface area (Å²) in [5.74, 6) is 0. The van der Waals surface area contributed by atoms with E-state index in [-0.39, 0.29) is 0 Å². The highest BCUT2D eigenvalue weighted by molar-refractivity contribution is 6.17. The van der Waals surface area contributed by atoms with Crippen LogP contribution >= 0.6 is 0 Å². The summed E-state index contributed by atoms with van der Waals surface area (Å²) < 4.78 is 323. The summed E-state index contributed by atoms with van der Waals surface area (Å²) >= 11 is 0. The maximum Gasteiger partial charge on any atom is 0.0652 e. The maximum atomic E-state index is 10.2. The van der Waals surface area contributed by atoms with Gasteiger partial charge in [-0.2, -0.15) is 0 Å². The van der Waals surface area contributed by atoms with Gasteiger partial charge in [0.15, 0.2) is 0 Å². The molecule has 57 heavy (non-hydrogen) atoms. The monoisotopic (exact) mass is 761 g/mol. The molecule has 0 radical (unpaired) electrons. The third kappa shape index (κ3) is 4.79. The molecule has 3 nitrogen and oxygen atoms in total. The second-order valence-electron chi connectivity index (χ2n) is 12.3. The molecule has 0 atom stereocenters. The molecular formula is C54H35N3. The van der Waals surface area contributed by atoms with E-state index in [4.69, 9.17) is 30.2 Å². The molecular weight excluding hydrogens is 691 g/mol. The summed E-state index contributed by atoms with van der Waals surface area (Å²) in [5.41, 5.74) is -11.6. The third-order valence-corrected chi connectivity index (χ3v) is 9.29. The number of para-hydroxylation sites is 4. The van der Waals surface area contributed by atoms with Gasteiger partial charge in [-0.05, 0) is 94.8 Å². The standard InChI is InChI=1S/C54H35N3/c1-3-16-36(17-4-1)38-32-39(37-18-5-2-6-19-37)34-41(33-38)56-50-27-14-10-23-45(50)54-52(56)28-15-29-53(54)57-49-26-13-9-22-44(49)46-35-40(30-31-51(46)57)55-47-24-11-7-20-42(47)43-21-8-12-25-48(43)55/h1-35H/i1D,2D,3D,4D,5D,6D,7D,8D,9D,10D,11D,12D,13D,14D,15D,16D,17D,18D,19D,20D,21D,22D,23D,24D,25D,26D,27D,28D,29D,30D,31D,32D,33D,34D,35D. The number of nitrogens with zero attached hydrogens (tertiary/aromatic N) is 3. The zero-order valence-electron chi connectivity index (χ0n) is 63.3. The predicted octanol–water partition coefficient (Wildman–Crippen LogP) is 14.3. The fourth-order valence-electron chi connectivity index (χ4n) is 7.00. The zero-order chi connectivity index (χ0) is 67.9. The fourth-order valence-corrected chi connectivity index (χ4v) is 7.00. The van der Waals surface area contributed by atoms with Gasteiger partial charge in [-0.25, -0.2) is 0 Å². The number of aromatic nitrogens is 3. The Bertz CT molecular complexity index is 5350. The predicted molar refractivity (Wildman–Crippen MR) is 240 cm³/mol. The summed E-state index contributed by atoms with van der Waals surface area (Å²) in [7, 11) is 0. The molecule has 0 aliphatic rings. The maximum absolute atomic E-state index is 10.2. The molecule has 0 saturated carbocycles. The highest BCUT2D eigenvalue weighted by Gasteiger charge is 2.21. The normalized spacial score (nSPS) is 20.5. The molecule has 3 heterocycles. The first-order valence-electron chi connectivity index (χ1n) is 34.3. The molecule has 12 rings (SSSR count). The van der Waals surface area contributed by atoms with E-state index in [0.29, 0.717) is 9.13 Å². The van der Waals surface area contributed by atoms with Crippen molar-refractivity contribution in [3.63, 3.8) is 0 Å². The summed E-state index contributed by atoms with van der Waals surface area (Å²) in [5, 5.41) is -4.16. The van der Waals surface area contributed by atoms with Crippen LogP contribution < -0.4 is 0 Å². The van der Waals surface area contributed by atoms with Crippen LogP contribution in [0.2, 0.25) is 0 Å². The Kier molecular flexibility index (Phi) is 2.78. The van der Waals surface area contributed by atoms with Gasteiger partial charge in [0.1, 0.15) is 0 Å². The Morgan fingerprint density at radius 1 is 0.263 bits per heavy atom. The number of hydrogen-bond donors (Lipinski definition) is 0. The largest absolute Gasteiger partial charge is 0.309 e. The molecule has 0 saturated heterocycles. The first-order valence-corrected chi connectivity index (χ1v) is 16.8. The van der Waals surface area contributed by atoms with Crippen LogP contribution in [0, 0.1) is 0 Å². The van der Waals surface area contributed by atoms with Crippen molar-refractivity contribution in [2.24, 2.45) is 0 Å². The lowest BCUT2D eigenvalue weighted by molar-refractivity contribution is 1.16. The van der Waals surface area contributed by atoms with Crippen molar-refractivity contribution < 1.29 is 48.0 Å². The highest BCUT2D eigenvalue weighted by atomic mass is 15.0.